The average Bonchev–Trinajstić information content (AvgIpc) is 2.92. The molecule has 2 rings (SSSR count). The summed E-state index contributed by atoms with van der Waals surface area (Å²) in [5, 5.41) is 17.5. The van der Waals surface area contributed by atoms with Crippen molar-refractivity contribution in [1.82, 2.24) is 15.1 Å². The van der Waals surface area contributed by atoms with Gasteiger partial charge in [0.25, 0.3) is 0 Å². The van der Waals surface area contributed by atoms with Gasteiger partial charge >= 0.3 is 11.7 Å². The topological polar surface area (TPSA) is 133 Å². The van der Waals surface area contributed by atoms with Crippen molar-refractivity contribution in [1.29, 1.82) is 0 Å². The van der Waals surface area contributed by atoms with Gasteiger partial charge in [0.15, 0.2) is 5.82 Å². The average molecular weight is 307 g/mol. The SMILES string of the molecule is COC(=O)c1cnc(NCCc2nc(C)no2)c([N+](=O)[O-])c1. The summed E-state index contributed by atoms with van der Waals surface area (Å²) in [6, 6.07) is 1.11. The number of nitrogens with one attached hydrogen (secondary N) is 1. The fraction of sp³-hybridized carbons (Fsp3) is 0.333. The second-order valence-electron chi connectivity index (χ2n) is 4.25. The van der Waals surface area contributed by atoms with Crippen molar-refractivity contribution in [3.8, 4) is 0 Å². The van der Waals surface area contributed by atoms with Crippen LogP contribution in [-0.2, 0) is 11.2 Å². The van der Waals surface area contributed by atoms with Gasteiger partial charge in [-0.3, -0.25) is 10.1 Å². The van der Waals surface area contributed by atoms with Crippen molar-refractivity contribution in [2.45, 2.75) is 13.3 Å². The van der Waals surface area contributed by atoms with Gasteiger partial charge in [-0.15, -0.1) is 0 Å². The van der Waals surface area contributed by atoms with Gasteiger partial charge < -0.3 is 14.6 Å². The quantitative estimate of drug-likeness (QED) is 0.473. The Balaban J connectivity index is 2.09. The molecule has 10 nitrogen and oxygen atoms in total. The zero-order valence-electron chi connectivity index (χ0n) is 11.9. The Morgan fingerprint density at radius 1 is 1.55 bits per heavy atom. The minimum absolute atomic E-state index is 0.00674. The predicted octanol–water partition coefficient (Wildman–Crippen LogP) is 1.12. The van der Waals surface area contributed by atoms with Gasteiger partial charge in [0.05, 0.1) is 17.6 Å². The molecule has 0 aliphatic carbocycles. The van der Waals surface area contributed by atoms with E-state index >= 15 is 0 Å². The fourth-order valence-electron chi connectivity index (χ4n) is 1.69. The predicted molar refractivity (Wildman–Crippen MR) is 73.5 cm³/mol. The van der Waals surface area contributed by atoms with E-state index in [0.29, 0.717) is 24.7 Å². The number of hydrogen-bond donors (Lipinski definition) is 1. The molecule has 0 aliphatic rings. The first-order valence-electron chi connectivity index (χ1n) is 6.27. The van der Waals surface area contributed by atoms with Crippen LogP contribution in [0.4, 0.5) is 11.5 Å². The first-order chi connectivity index (χ1) is 10.5. The minimum atomic E-state index is -0.691. The Morgan fingerprint density at radius 2 is 2.32 bits per heavy atom. The highest BCUT2D eigenvalue weighted by molar-refractivity contribution is 5.90. The molecule has 0 amide bonds. The number of aromatic nitrogens is 3. The third-order valence-electron chi connectivity index (χ3n) is 2.69. The molecule has 10 heteroatoms. The van der Waals surface area contributed by atoms with Crippen LogP contribution in [0.25, 0.3) is 0 Å². The van der Waals surface area contributed by atoms with Gasteiger partial charge in [0.1, 0.15) is 0 Å². The first-order valence-corrected chi connectivity index (χ1v) is 6.27. The number of nitrogens with zero attached hydrogens (tertiary/aromatic N) is 4. The largest absolute Gasteiger partial charge is 0.465 e. The molecular weight excluding hydrogens is 294 g/mol. The summed E-state index contributed by atoms with van der Waals surface area (Å²) in [6.45, 7) is 2.01. The van der Waals surface area contributed by atoms with E-state index in [0.717, 1.165) is 6.07 Å². The van der Waals surface area contributed by atoms with E-state index in [2.05, 4.69) is 25.2 Å². The van der Waals surface area contributed by atoms with Crippen molar-refractivity contribution < 1.29 is 19.0 Å². The lowest BCUT2D eigenvalue weighted by Gasteiger charge is -2.06. The molecule has 0 saturated carbocycles. The molecule has 0 bridgehead atoms. The molecular formula is C12H13N5O5. The summed E-state index contributed by atoms with van der Waals surface area (Å²) in [6.07, 6.45) is 1.59. The van der Waals surface area contributed by atoms with E-state index in [-0.39, 0.29) is 17.1 Å². The van der Waals surface area contributed by atoms with Gasteiger partial charge in [0, 0.05) is 25.2 Å². The summed E-state index contributed by atoms with van der Waals surface area (Å²) < 4.78 is 9.43. The normalized spacial score (nSPS) is 10.3. The van der Waals surface area contributed by atoms with Crippen LogP contribution in [0.3, 0.4) is 0 Å². The highest BCUT2D eigenvalue weighted by Crippen LogP contribution is 2.23. The number of esters is 1. The van der Waals surface area contributed by atoms with Gasteiger partial charge in [-0.2, -0.15) is 4.98 Å². The smallest absolute Gasteiger partial charge is 0.339 e. The van der Waals surface area contributed by atoms with Crippen LogP contribution >= 0.6 is 0 Å². The number of rotatable bonds is 6. The second kappa shape index (κ2) is 6.61. The number of pyridine rings is 1. The van der Waals surface area contributed by atoms with Crippen molar-refractivity contribution in [3.05, 3.63) is 39.7 Å². The summed E-state index contributed by atoms with van der Waals surface area (Å²) >= 11 is 0. The van der Waals surface area contributed by atoms with E-state index in [4.69, 9.17) is 4.52 Å². The number of anilines is 1. The molecule has 116 valence electrons. The van der Waals surface area contributed by atoms with Crippen LogP contribution in [0.1, 0.15) is 22.1 Å². The molecule has 0 aromatic carbocycles. The molecule has 0 atom stereocenters. The fourth-order valence-corrected chi connectivity index (χ4v) is 1.69. The van der Waals surface area contributed by atoms with E-state index < -0.39 is 10.9 Å². The summed E-state index contributed by atoms with van der Waals surface area (Å²) in [5.74, 6) is 0.290. The van der Waals surface area contributed by atoms with E-state index in [1.807, 2.05) is 0 Å². The number of carbonyl (C=O) groups is 1. The van der Waals surface area contributed by atoms with Gasteiger partial charge in [-0.05, 0) is 6.92 Å². The number of nitro groups is 1. The lowest BCUT2D eigenvalue weighted by atomic mass is 10.2. The van der Waals surface area contributed by atoms with Crippen molar-refractivity contribution in [2.24, 2.45) is 0 Å². The van der Waals surface area contributed by atoms with Gasteiger partial charge in [0.2, 0.25) is 11.7 Å². The monoisotopic (exact) mass is 307 g/mol. The number of aryl methyl sites for hydroxylation is 1. The number of carbonyl (C=O) groups excluding carboxylic acids is 1. The zero-order chi connectivity index (χ0) is 16.1. The molecule has 2 heterocycles. The van der Waals surface area contributed by atoms with E-state index in [9.17, 15) is 14.9 Å². The van der Waals surface area contributed by atoms with Crippen LogP contribution in [0.15, 0.2) is 16.8 Å². The second-order valence-corrected chi connectivity index (χ2v) is 4.25. The standard InChI is InChI=1S/C12H13N5O5/c1-7-15-10(22-16-7)3-4-13-11-9(17(19)20)5-8(6-14-11)12(18)21-2/h5-6H,3-4H2,1-2H3,(H,13,14). The first kappa shape index (κ1) is 15.4. The molecule has 0 spiro atoms. The minimum Gasteiger partial charge on any atom is -0.465 e. The molecule has 22 heavy (non-hydrogen) atoms. The summed E-state index contributed by atoms with van der Waals surface area (Å²) in [7, 11) is 1.19. The molecule has 0 unspecified atom stereocenters. The van der Waals surface area contributed by atoms with Gasteiger partial charge in [-0.25, -0.2) is 9.78 Å². The van der Waals surface area contributed by atoms with Gasteiger partial charge in [-0.1, -0.05) is 5.16 Å². The van der Waals surface area contributed by atoms with E-state index in [1.165, 1.54) is 13.3 Å². The molecule has 0 radical (unpaired) electrons. The molecule has 0 fully saturated rings. The summed E-state index contributed by atoms with van der Waals surface area (Å²) in [4.78, 5) is 29.7. The Kier molecular flexibility index (Phi) is 4.61. The molecule has 0 aliphatic heterocycles. The highest BCUT2D eigenvalue weighted by Gasteiger charge is 2.19. The van der Waals surface area contributed by atoms with Crippen LogP contribution in [0.5, 0.6) is 0 Å². The maximum Gasteiger partial charge on any atom is 0.339 e. The highest BCUT2D eigenvalue weighted by atomic mass is 16.6. The van der Waals surface area contributed by atoms with Crippen molar-refractivity contribution in [2.75, 3.05) is 19.0 Å². The molecule has 2 aromatic rings. The Labute approximate surface area is 124 Å². The van der Waals surface area contributed by atoms with Crippen LogP contribution in [-0.4, -0.2) is 39.7 Å². The third-order valence-corrected chi connectivity index (χ3v) is 2.69. The van der Waals surface area contributed by atoms with Crippen molar-refractivity contribution in [3.63, 3.8) is 0 Å². The maximum absolute atomic E-state index is 11.4. The van der Waals surface area contributed by atoms with Crippen molar-refractivity contribution >= 4 is 17.5 Å². The Hall–Kier alpha value is -3.04. The number of hydrogen-bond acceptors (Lipinski definition) is 9. The third kappa shape index (κ3) is 3.53. The van der Waals surface area contributed by atoms with Crippen LogP contribution < -0.4 is 5.32 Å². The zero-order valence-corrected chi connectivity index (χ0v) is 11.9. The van der Waals surface area contributed by atoms with Crippen LogP contribution in [0.2, 0.25) is 0 Å². The Morgan fingerprint density at radius 3 is 2.91 bits per heavy atom. The molecule has 0 saturated heterocycles. The lowest BCUT2D eigenvalue weighted by molar-refractivity contribution is -0.384. The lowest BCUT2D eigenvalue weighted by Crippen LogP contribution is -2.10. The molecule has 2 aromatic heterocycles. The summed E-state index contributed by atoms with van der Waals surface area (Å²) in [5.41, 5.74) is -0.308. The van der Waals surface area contributed by atoms with E-state index in [1.54, 1.807) is 6.92 Å². The Bertz CT molecular complexity index is 699. The molecule has 1 N–H and O–H groups in total. The number of ether oxygens (including phenoxy) is 1. The number of methoxy groups -OCH3 is 1. The maximum atomic E-state index is 11.4. The van der Waals surface area contributed by atoms with Crippen LogP contribution in [0, 0.1) is 17.0 Å².